The number of amides is 1. The highest BCUT2D eigenvalue weighted by molar-refractivity contribution is 5.87. The van der Waals surface area contributed by atoms with Crippen molar-refractivity contribution in [2.45, 2.75) is 25.3 Å². The van der Waals surface area contributed by atoms with Gasteiger partial charge in [-0.2, -0.15) is 0 Å². The molecule has 2 aromatic rings. The van der Waals surface area contributed by atoms with E-state index in [2.05, 4.69) is 0 Å². The lowest BCUT2D eigenvalue weighted by Gasteiger charge is -2.21. The fourth-order valence-corrected chi connectivity index (χ4v) is 2.95. The zero-order valence-electron chi connectivity index (χ0n) is 11.7. The highest BCUT2D eigenvalue weighted by Gasteiger charge is 2.33. The number of hydrogen-bond donors (Lipinski definition) is 1. The van der Waals surface area contributed by atoms with Gasteiger partial charge >= 0.3 is 5.97 Å². The Bertz CT molecular complexity index is 695. The largest absolute Gasteiger partial charge is 0.480 e. The molecule has 0 radical (unpaired) electrons. The van der Waals surface area contributed by atoms with Gasteiger partial charge in [-0.3, -0.25) is 4.79 Å². The fraction of sp³-hybridized carbons (Fsp3) is 0.294. The van der Waals surface area contributed by atoms with Crippen LogP contribution in [0.1, 0.15) is 18.4 Å². The molecule has 4 heteroatoms. The summed E-state index contributed by atoms with van der Waals surface area (Å²) >= 11 is 0. The van der Waals surface area contributed by atoms with Crippen LogP contribution in [0.15, 0.2) is 42.5 Å². The molecule has 1 saturated heterocycles. The van der Waals surface area contributed by atoms with Crippen molar-refractivity contribution in [2.24, 2.45) is 0 Å². The molecule has 0 bridgehead atoms. The van der Waals surface area contributed by atoms with Crippen molar-refractivity contribution in [3.05, 3.63) is 48.0 Å². The average Bonchev–Trinajstić information content (AvgIpc) is 2.97. The molecule has 3 rings (SSSR count). The van der Waals surface area contributed by atoms with E-state index < -0.39 is 12.0 Å². The molecule has 0 unspecified atom stereocenters. The molecule has 0 spiro atoms. The van der Waals surface area contributed by atoms with Gasteiger partial charge in [0, 0.05) is 6.54 Å². The van der Waals surface area contributed by atoms with Crippen LogP contribution in [-0.4, -0.2) is 34.5 Å². The second-order valence-electron chi connectivity index (χ2n) is 5.44. The second-order valence-corrected chi connectivity index (χ2v) is 5.44. The Morgan fingerprint density at radius 2 is 1.90 bits per heavy atom. The maximum absolute atomic E-state index is 12.3. The van der Waals surface area contributed by atoms with E-state index in [-0.39, 0.29) is 12.3 Å². The molecule has 1 N–H and O–H groups in total. The number of fused-ring (bicyclic) bond motifs is 1. The second kappa shape index (κ2) is 5.56. The molecule has 1 atom stereocenters. The fourth-order valence-electron chi connectivity index (χ4n) is 2.95. The molecule has 21 heavy (non-hydrogen) atoms. The summed E-state index contributed by atoms with van der Waals surface area (Å²) in [7, 11) is 0. The summed E-state index contributed by atoms with van der Waals surface area (Å²) in [6, 6.07) is 13.3. The Balaban J connectivity index is 1.78. The van der Waals surface area contributed by atoms with Gasteiger partial charge in [0.2, 0.25) is 5.91 Å². The molecule has 1 fully saturated rings. The van der Waals surface area contributed by atoms with Crippen LogP contribution in [0, 0.1) is 0 Å². The van der Waals surface area contributed by atoms with Crippen LogP contribution in [0.2, 0.25) is 0 Å². The topological polar surface area (TPSA) is 57.6 Å². The minimum atomic E-state index is -0.903. The van der Waals surface area contributed by atoms with Gasteiger partial charge < -0.3 is 10.0 Å². The molecule has 1 amide bonds. The first kappa shape index (κ1) is 13.6. The Kier molecular flexibility index (Phi) is 3.60. The van der Waals surface area contributed by atoms with E-state index in [1.807, 2.05) is 42.5 Å². The van der Waals surface area contributed by atoms with Gasteiger partial charge in [-0.15, -0.1) is 0 Å². The minimum Gasteiger partial charge on any atom is -0.480 e. The molecule has 0 aliphatic carbocycles. The lowest BCUT2D eigenvalue weighted by Crippen LogP contribution is -2.41. The number of carboxylic acids is 1. The third-order valence-electron chi connectivity index (χ3n) is 4.03. The molecule has 2 aromatic carbocycles. The van der Waals surface area contributed by atoms with Gasteiger partial charge in [-0.25, -0.2) is 4.79 Å². The number of carbonyl (C=O) groups is 2. The van der Waals surface area contributed by atoms with Gasteiger partial charge in [-0.1, -0.05) is 42.5 Å². The summed E-state index contributed by atoms with van der Waals surface area (Å²) in [5.74, 6) is -1.01. The van der Waals surface area contributed by atoms with E-state index in [0.717, 1.165) is 22.8 Å². The van der Waals surface area contributed by atoms with Gasteiger partial charge in [-0.05, 0) is 29.2 Å². The molecular formula is C17H17NO3. The zero-order chi connectivity index (χ0) is 14.8. The SMILES string of the molecule is O=C(O)[C@@H]1CCCN1C(=O)Cc1ccc2ccccc2c1. The number of carboxylic acid groups (broad SMARTS) is 1. The summed E-state index contributed by atoms with van der Waals surface area (Å²) in [5, 5.41) is 11.4. The third-order valence-corrected chi connectivity index (χ3v) is 4.03. The molecule has 4 nitrogen and oxygen atoms in total. The molecular weight excluding hydrogens is 266 g/mol. The lowest BCUT2D eigenvalue weighted by atomic mass is 10.0. The molecule has 1 aliphatic heterocycles. The molecule has 1 aliphatic rings. The summed E-state index contributed by atoms with van der Waals surface area (Å²) in [4.78, 5) is 25.0. The summed E-state index contributed by atoms with van der Waals surface area (Å²) in [6.45, 7) is 0.545. The van der Waals surface area contributed by atoms with E-state index in [1.165, 1.54) is 4.90 Å². The number of aliphatic carboxylic acids is 1. The third kappa shape index (κ3) is 2.75. The maximum Gasteiger partial charge on any atom is 0.326 e. The van der Waals surface area contributed by atoms with Crippen LogP contribution >= 0.6 is 0 Å². The standard InChI is InChI=1S/C17H17NO3/c19-16(18-9-3-6-15(18)17(20)21)11-12-7-8-13-4-1-2-5-14(13)10-12/h1-2,4-5,7-8,10,15H,3,6,9,11H2,(H,20,21)/t15-/m0/s1. The van der Waals surface area contributed by atoms with Crippen molar-refractivity contribution < 1.29 is 14.7 Å². The van der Waals surface area contributed by atoms with E-state index in [4.69, 9.17) is 5.11 Å². The Morgan fingerprint density at radius 1 is 1.14 bits per heavy atom. The number of likely N-dealkylation sites (tertiary alicyclic amines) is 1. The van der Waals surface area contributed by atoms with Crippen LogP contribution in [0.3, 0.4) is 0 Å². The molecule has 0 aromatic heterocycles. The predicted molar refractivity (Wildman–Crippen MR) is 80.0 cm³/mol. The summed E-state index contributed by atoms with van der Waals surface area (Å²) in [5.41, 5.74) is 0.926. The zero-order valence-corrected chi connectivity index (χ0v) is 11.7. The molecule has 0 saturated carbocycles. The first-order valence-corrected chi connectivity index (χ1v) is 7.15. The monoisotopic (exact) mass is 283 g/mol. The summed E-state index contributed by atoms with van der Waals surface area (Å²) in [6.07, 6.45) is 1.58. The molecule has 108 valence electrons. The van der Waals surface area contributed by atoms with Gasteiger partial charge in [0.1, 0.15) is 6.04 Å². The van der Waals surface area contributed by atoms with Crippen LogP contribution in [0.5, 0.6) is 0 Å². The first-order valence-electron chi connectivity index (χ1n) is 7.15. The quantitative estimate of drug-likeness (QED) is 0.941. The van der Waals surface area contributed by atoms with E-state index in [9.17, 15) is 9.59 Å². The van der Waals surface area contributed by atoms with E-state index in [0.29, 0.717) is 13.0 Å². The number of rotatable bonds is 3. The van der Waals surface area contributed by atoms with Crippen LogP contribution < -0.4 is 0 Å². The lowest BCUT2D eigenvalue weighted by molar-refractivity contribution is -0.148. The van der Waals surface area contributed by atoms with Gasteiger partial charge in [0.15, 0.2) is 0 Å². The summed E-state index contributed by atoms with van der Waals surface area (Å²) < 4.78 is 0. The smallest absolute Gasteiger partial charge is 0.326 e. The van der Waals surface area contributed by atoms with Crippen molar-refractivity contribution >= 4 is 22.6 Å². The highest BCUT2D eigenvalue weighted by Crippen LogP contribution is 2.20. The first-order chi connectivity index (χ1) is 10.1. The highest BCUT2D eigenvalue weighted by atomic mass is 16.4. The van der Waals surface area contributed by atoms with E-state index >= 15 is 0 Å². The van der Waals surface area contributed by atoms with Crippen molar-refractivity contribution in [3.63, 3.8) is 0 Å². The number of hydrogen-bond acceptors (Lipinski definition) is 2. The van der Waals surface area contributed by atoms with Gasteiger partial charge in [0.05, 0.1) is 6.42 Å². The normalized spacial score (nSPS) is 18.1. The number of benzene rings is 2. The predicted octanol–water partition coefficient (Wildman–Crippen LogP) is 2.46. The van der Waals surface area contributed by atoms with Gasteiger partial charge in [0.25, 0.3) is 0 Å². The van der Waals surface area contributed by atoms with Crippen molar-refractivity contribution in [1.82, 2.24) is 4.90 Å². The average molecular weight is 283 g/mol. The minimum absolute atomic E-state index is 0.102. The Morgan fingerprint density at radius 3 is 2.67 bits per heavy atom. The van der Waals surface area contributed by atoms with Crippen LogP contribution in [0.25, 0.3) is 10.8 Å². The Hall–Kier alpha value is -2.36. The van der Waals surface area contributed by atoms with Crippen LogP contribution in [0.4, 0.5) is 0 Å². The van der Waals surface area contributed by atoms with Crippen molar-refractivity contribution in [2.75, 3.05) is 6.54 Å². The van der Waals surface area contributed by atoms with Crippen LogP contribution in [-0.2, 0) is 16.0 Å². The molecule has 1 heterocycles. The maximum atomic E-state index is 12.3. The Labute approximate surface area is 123 Å². The van der Waals surface area contributed by atoms with E-state index in [1.54, 1.807) is 0 Å². The van der Waals surface area contributed by atoms with Crippen molar-refractivity contribution in [3.8, 4) is 0 Å². The number of nitrogens with zero attached hydrogens (tertiary/aromatic N) is 1. The number of carbonyl (C=O) groups excluding carboxylic acids is 1. The van der Waals surface area contributed by atoms with Crippen molar-refractivity contribution in [1.29, 1.82) is 0 Å².